The summed E-state index contributed by atoms with van der Waals surface area (Å²) in [5, 5.41) is 8.63. The molecule has 1 unspecified atom stereocenters. The number of carbonyl (C=O) groups is 2. The number of hydrogen-bond donors (Lipinski definition) is 3. The average Bonchev–Trinajstić information content (AvgIpc) is 2.44. The van der Waals surface area contributed by atoms with E-state index < -0.39 is 0 Å². The Balaban J connectivity index is 1.99. The number of hydrogen-bond acceptors (Lipinski definition) is 3. The van der Waals surface area contributed by atoms with Crippen molar-refractivity contribution in [2.75, 3.05) is 25.0 Å². The number of benzene rings is 1. The maximum atomic E-state index is 12.2. The van der Waals surface area contributed by atoms with E-state index >= 15 is 0 Å². The Morgan fingerprint density at radius 2 is 2.11 bits per heavy atom. The van der Waals surface area contributed by atoms with E-state index in [1.54, 1.807) is 0 Å². The van der Waals surface area contributed by atoms with Gasteiger partial charge in [0.05, 0.1) is 12.5 Å². The van der Waals surface area contributed by atoms with Crippen LogP contribution in [-0.4, -0.2) is 31.4 Å². The van der Waals surface area contributed by atoms with Crippen molar-refractivity contribution in [3.8, 4) is 0 Å². The van der Waals surface area contributed by atoms with Crippen molar-refractivity contribution in [1.82, 2.24) is 10.6 Å². The van der Waals surface area contributed by atoms with Crippen LogP contribution in [-0.2, 0) is 9.59 Å². The second-order valence-corrected chi connectivity index (χ2v) is 4.53. The molecule has 0 saturated carbocycles. The zero-order valence-electron chi connectivity index (χ0n) is 11.0. The number of anilines is 1. The molecule has 0 radical (unpaired) electrons. The lowest BCUT2D eigenvalue weighted by atomic mass is 9.90. The Hall–Kier alpha value is -2.04. The minimum Gasteiger partial charge on any atom is -0.385 e. The maximum Gasteiger partial charge on any atom is 0.239 e. The third-order valence-electron chi connectivity index (χ3n) is 3.20. The van der Waals surface area contributed by atoms with Gasteiger partial charge in [-0.15, -0.1) is 0 Å². The molecule has 0 fully saturated rings. The van der Waals surface area contributed by atoms with Crippen molar-refractivity contribution in [3.05, 3.63) is 29.8 Å². The molecule has 1 aliphatic rings. The number of rotatable bonds is 4. The second kappa shape index (κ2) is 6.22. The molecule has 2 amide bonds. The van der Waals surface area contributed by atoms with E-state index in [4.69, 9.17) is 0 Å². The average molecular weight is 261 g/mol. The number of fused-ring (bicyclic) bond motifs is 1. The van der Waals surface area contributed by atoms with Crippen LogP contribution >= 0.6 is 0 Å². The van der Waals surface area contributed by atoms with Gasteiger partial charge >= 0.3 is 0 Å². The van der Waals surface area contributed by atoms with Crippen LogP contribution in [0.2, 0.25) is 0 Å². The van der Waals surface area contributed by atoms with Crippen LogP contribution < -0.4 is 16.0 Å². The summed E-state index contributed by atoms with van der Waals surface area (Å²) in [7, 11) is 0. The highest BCUT2D eigenvalue weighted by molar-refractivity contribution is 5.90. The summed E-state index contributed by atoms with van der Waals surface area (Å²) in [5.74, 6) is -0.412. The molecule has 0 saturated heterocycles. The molecule has 2 rings (SSSR count). The van der Waals surface area contributed by atoms with E-state index in [0.717, 1.165) is 24.2 Å². The fourth-order valence-electron chi connectivity index (χ4n) is 2.29. The third-order valence-corrected chi connectivity index (χ3v) is 3.20. The molecule has 5 heteroatoms. The Morgan fingerprint density at radius 3 is 2.89 bits per heavy atom. The Labute approximate surface area is 112 Å². The van der Waals surface area contributed by atoms with Gasteiger partial charge in [-0.2, -0.15) is 0 Å². The Kier molecular flexibility index (Phi) is 4.39. The van der Waals surface area contributed by atoms with Gasteiger partial charge < -0.3 is 16.0 Å². The van der Waals surface area contributed by atoms with Gasteiger partial charge in [0.2, 0.25) is 11.8 Å². The van der Waals surface area contributed by atoms with E-state index in [9.17, 15) is 9.59 Å². The predicted octanol–water partition coefficient (Wildman–Crippen LogP) is 0.838. The van der Waals surface area contributed by atoms with Crippen LogP contribution in [0.3, 0.4) is 0 Å². The van der Waals surface area contributed by atoms with Crippen LogP contribution in [0.4, 0.5) is 5.69 Å². The summed E-state index contributed by atoms with van der Waals surface area (Å²) < 4.78 is 0. The van der Waals surface area contributed by atoms with Crippen molar-refractivity contribution in [1.29, 1.82) is 0 Å². The molecule has 0 spiro atoms. The minimum absolute atomic E-state index is 0.0404. The molecular formula is C14H19N3O2. The number of carbonyl (C=O) groups excluding carboxylic acids is 2. The lowest BCUT2D eigenvalue weighted by molar-refractivity contribution is -0.127. The van der Waals surface area contributed by atoms with Gasteiger partial charge in [0.15, 0.2) is 0 Å². The van der Waals surface area contributed by atoms with Crippen molar-refractivity contribution >= 4 is 17.5 Å². The smallest absolute Gasteiger partial charge is 0.239 e. The molecule has 5 nitrogen and oxygen atoms in total. The number of nitrogens with one attached hydrogen (secondary N) is 3. The highest BCUT2D eigenvalue weighted by atomic mass is 16.2. The first-order valence-electron chi connectivity index (χ1n) is 6.59. The summed E-state index contributed by atoms with van der Waals surface area (Å²) in [6.07, 6.45) is 0.748. The topological polar surface area (TPSA) is 70.2 Å². The Morgan fingerprint density at radius 1 is 1.32 bits per heavy atom. The summed E-state index contributed by atoms with van der Waals surface area (Å²) in [5.41, 5.74) is 2.01. The predicted molar refractivity (Wildman–Crippen MR) is 74.0 cm³/mol. The second-order valence-electron chi connectivity index (χ2n) is 4.53. The standard InChI is InChI=1S/C14H19N3O2/c1-2-15-13(18)9-17-14(19)11-7-8-16-12-6-4-3-5-10(11)12/h3-6,11,16H,2,7-9H2,1H3,(H,15,18)(H,17,19). The SMILES string of the molecule is CCNC(=O)CNC(=O)C1CCNc2ccccc21. The summed E-state index contributed by atoms with van der Waals surface area (Å²) >= 11 is 0. The van der Waals surface area contributed by atoms with E-state index in [2.05, 4.69) is 16.0 Å². The fourth-order valence-corrected chi connectivity index (χ4v) is 2.29. The maximum absolute atomic E-state index is 12.2. The van der Waals surface area contributed by atoms with Crippen molar-refractivity contribution < 1.29 is 9.59 Å². The first-order valence-corrected chi connectivity index (χ1v) is 6.59. The highest BCUT2D eigenvalue weighted by Crippen LogP contribution is 2.31. The van der Waals surface area contributed by atoms with Crippen molar-refractivity contribution in [2.45, 2.75) is 19.3 Å². The molecular weight excluding hydrogens is 242 g/mol. The van der Waals surface area contributed by atoms with Crippen LogP contribution in [0.5, 0.6) is 0 Å². The van der Waals surface area contributed by atoms with Crippen LogP contribution in [0.15, 0.2) is 24.3 Å². The molecule has 19 heavy (non-hydrogen) atoms. The monoisotopic (exact) mass is 261 g/mol. The van der Waals surface area contributed by atoms with E-state index in [1.165, 1.54) is 0 Å². The van der Waals surface area contributed by atoms with Gasteiger partial charge in [-0.1, -0.05) is 18.2 Å². The largest absolute Gasteiger partial charge is 0.385 e. The van der Waals surface area contributed by atoms with E-state index in [-0.39, 0.29) is 24.3 Å². The van der Waals surface area contributed by atoms with Crippen LogP contribution in [0.1, 0.15) is 24.8 Å². The first-order chi connectivity index (χ1) is 9.22. The minimum atomic E-state index is -0.174. The summed E-state index contributed by atoms with van der Waals surface area (Å²) in [6, 6.07) is 7.80. The zero-order chi connectivity index (χ0) is 13.7. The van der Waals surface area contributed by atoms with Gasteiger partial charge in [-0.25, -0.2) is 0 Å². The quantitative estimate of drug-likeness (QED) is 0.752. The normalized spacial score (nSPS) is 17.0. The highest BCUT2D eigenvalue weighted by Gasteiger charge is 2.26. The molecule has 1 aromatic rings. The first kappa shape index (κ1) is 13.4. The number of para-hydroxylation sites is 1. The molecule has 0 bridgehead atoms. The third kappa shape index (κ3) is 3.24. The van der Waals surface area contributed by atoms with Crippen LogP contribution in [0.25, 0.3) is 0 Å². The zero-order valence-corrected chi connectivity index (χ0v) is 11.0. The van der Waals surface area contributed by atoms with Crippen molar-refractivity contribution in [3.63, 3.8) is 0 Å². The molecule has 1 heterocycles. The number of likely N-dealkylation sites (N-methyl/N-ethyl adjacent to an activating group) is 1. The van der Waals surface area contributed by atoms with Gasteiger partial charge in [-0.3, -0.25) is 9.59 Å². The number of amides is 2. The molecule has 1 aliphatic heterocycles. The molecule has 1 aromatic carbocycles. The Bertz CT molecular complexity index is 474. The lowest BCUT2D eigenvalue weighted by Crippen LogP contribution is -2.40. The molecule has 0 aliphatic carbocycles. The molecule has 0 aromatic heterocycles. The van der Waals surface area contributed by atoms with Gasteiger partial charge in [0.25, 0.3) is 0 Å². The van der Waals surface area contributed by atoms with Gasteiger partial charge in [-0.05, 0) is 25.0 Å². The summed E-state index contributed by atoms with van der Waals surface area (Å²) in [4.78, 5) is 23.5. The van der Waals surface area contributed by atoms with E-state index in [1.807, 2.05) is 31.2 Å². The van der Waals surface area contributed by atoms with E-state index in [0.29, 0.717) is 6.54 Å². The molecule has 102 valence electrons. The van der Waals surface area contributed by atoms with Gasteiger partial charge in [0, 0.05) is 18.8 Å². The fraction of sp³-hybridized carbons (Fsp3) is 0.429. The van der Waals surface area contributed by atoms with Crippen molar-refractivity contribution in [2.24, 2.45) is 0 Å². The van der Waals surface area contributed by atoms with Crippen LogP contribution in [0, 0.1) is 0 Å². The van der Waals surface area contributed by atoms with Gasteiger partial charge in [0.1, 0.15) is 0 Å². The molecule has 3 N–H and O–H groups in total. The lowest BCUT2D eigenvalue weighted by Gasteiger charge is -2.25. The summed E-state index contributed by atoms with van der Waals surface area (Å²) in [6.45, 7) is 3.24. The molecule has 1 atom stereocenters.